The van der Waals surface area contributed by atoms with Crippen molar-refractivity contribution >= 4 is 11.6 Å². The Balaban J connectivity index is 1.89. The molecule has 9 heteroatoms. The van der Waals surface area contributed by atoms with E-state index in [4.69, 9.17) is 0 Å². The van der Waals surface area contributed by atoms with Gasteiger partial charge in [-0.3, -0.25) is 9.78 Å². The maximum atomic E-state index is 12.7. The van der Waals surface area contributed by atoms with Gasteiger partial charge < -0.3 is 10.3 Å². The number of hydrogen-bond donors (Lipinski definition) is 2. The molecule has 0 aromatic carbocycles. The first-order valence-electron chi connectivity index (χ1n) is 6.73. The van der Waals surface area contributed by atoms with Crippen molar-refractivity contribution in [1.82, 2.24) is 19.9 Å². The Morgan fingerprint density at radius 2 is 1.96 bits per heavy atom. The monoisotopic (exact) mass is 333 g/mol. The SMILES string of the molecule is O=c1cc(-c2ccnc(Nc3cncc(C(F)(F)F)c3)n2)cc[nH]1. The fourth-order valence-corrected chi connectivity index (χ4v) is 1.98. The number of rotatable bonds is 3. The molecule has 2 N–H and O–H groups in total. The van der Waals surface area contributed by atoms with E-state index in [0.29, 0.717) is 11.3 Å². The molecule has 24 heavy (non-hydrogen) atoms. The molecule has 0 radical (unpaired) electrons. The van der Waals surface area contributed by atoms with E-state index in [1.165, 1.54) is 24.7 Å². The highest BCUT2D eigenvalue weighted by Crippen LogP contribution is 2.30. The predicted molar refractivity (Wildman–Crippen MR) is 80.6 cm³/mol. The summed E-state index contributed by atoms with van der Waals surface area (Å²) in [6, 6.07) is 5.51. The van der Waals surface area contributed by atoms with Gasteiger partial charge in [0.15, 0.2) is 0 Å². The van der Waals surface area contributed by atoms with E-state index in [0.717, 1.165) is 12.3 Å². The minimum Gasteiger partial charge on any atom is -0.329 e. The second-order valence-electron chi connectivity index (χ2n) is 4.79. The largest absolute Gasteiger partial charge is 0.417 e. The van der Waals surface area contributed by atoms with Crippen molar-refractivity contribution in [1.29, 1.82) is 0 Å². The first-order chi connectivity index (χ1) is 11.4. The molecule has 3 heterocycles. The molecule has 0 saturated carbocycles. The van der Waals surface area contributed by atoms with Gasteiger partial charge in [-0.15, -0.1) is 0 Å². The molecule has 0 atom stereocenters. The van der Waals surface area contributed by atoms with Gasteiger partial charge in [0.25, 0.3) is 0 Å². The molecule has 0 aliphatic heterocycles. The van der Waals surface area contributed by atoms with E-state index < -0.39 is 11.7 Å². The van der Waals surface area contributed by atoms with E-state index in [-0.39, 0.29) is 17.2 Å². The van der Waals surface area contributed by atoms with Crippen molar-refractivity contribution in [2.75, 3.05) is 5.32 Å². The van der Waals surface area contributed by atoms with Crippen molar-refractivity contribution in [3.63, 3.8) is 0 Å². The van der Waals surface area contributed by atoms with Crippen LogP contribution in [0.25, 0.3) is 11.3 Å². The summed E-state index contributed by atoms with van der Waals surface area (Å²) < 4.78 is 38.1. The number of hydrogen-bond acceptors (Lipinski definition) is 5. The Labute approximate surface area is 133 Å². The lowest BCUT2D eigenvalue weighted by molar-refractivity contribution is -0.137. The van der Waals surface area contributed by atoms with Crippen LogP contribution in [0.4, 0.5) is 24.8 Å². The number of halogens is 3. The van der Waals surface area contributed by atoms with Gasteiger partial charge >= 0.3 is 6.18 Å². The topological polar surface area (TPSA) is 83.6 Å². The average Bonchev–Trinajstić information content (AvgIpc) is 2.55. The number of aromatic nitrogens is 4. The molecule has 0 aliphatic carbocycles. The fraction of sp³-hybridized carbons (Fsp3) is 0.0667. The summed E-state index contributed by atoms with van der Waals surface area (Å²) in [5.41, 5.74) is -0.0428. The Morgan fingerprint density at radius 1 is 1.12 bits per heavy atom. The zero-order chi connectivity index (χ0) is 17.2. The minimum atomic E-state index is -4.49. The molecule has 0 unspecified atom stereocenters. The molecule has 122 valence electrons. The van der Waals surface area contributed by atoms with E-state index in [1.54, 1.807) is 12.1 Å². The zero-order valence-electron chi connectivity index (χ0n) is 12.0. The molecule has 3 rings (SSSR count). The van der Waals surface area contributed by atoms with Gasteiger partial charge in [0.1, 0.15) is 0 Å². The number of alkyl halides is 3. The summed E-state index contributed by atoms with van der Waals surface area (Å²) >= 11 is 0. The van der Waals surface area contributed by atoms with Gasteiger partial charge in [-0.05, 0) is 18.2 Å². The Morgan fingerprint density at radius 3 is 2.71 bits per heavy atom. The van der Waals surface area contributed by atoms with Crippen molar-refractivity contribution in [3.05, 3.63) is 65.0 Å². The van der Waals surface area contributed by atoms with E-state index >= 15 is 0 Å². The van der Waals surface area contributed by atoms with Crippen LogP contribution in [0.15, 0.2) is 53.8 Å². The van der Waals surface area contributed by atoms with Gasteiger partial charge in [0.05, 0.1) is 23.1 Å². The highest BCUT2D eigenvalue weighted by molar-refractivity contribution is 5.61. The van der Waals surface area contributed by atoms with Crippen LogP contribution in [0, 0.1) is 0 Å². The highest BCUT2D eigenvalue weighted by Gasteiger charge is 2.31. The Bertz CT molecular complexity index is 923. The van der Waals surface area contributed by atoms with Crippen LogP contribution in [0.5, 0.6) is 0 Å². The van der Waals surface area contributed by atoms with E-state index in [1.807, 2.05) is 0 Å². The third-order valence-electron chi connectivity index (χ3n) is 3.05. The second-order valence-corrected chi connectivity index (χ2v) is 4.79. The zero-order valence-corrected chi connectivity index (χ0v) is 12.0. The number of anilines is 2. The number of H-pyrrole nitrogens is 1. The van der Waals surface area contributed by atoms with Crippen LogP contribution in [-0.2, 0) is 6.18 Å². The maximum Gasteiger partial charge on any atom is 0.417 e. The molecule has 3 aromatic heterocycles. The van der Waals surface area contributed by atoms with Crippen molar-refractivity contribution in [2.45, 2.75) is 6.18 Å². The van der Waals surface area contributed by atoms with Crippen LogP contribution in [-0.4, -0.2) is 19.9 Å². The van der Waals surface area contributed by atoms with E-state index in [2.05, 4.69) is 25.3 Å². The maximum absolute atomic E-state index is 12.7. The lowest BCUT2D eigenvalue weighted by Crippen LogP contribution is -2.07. The Kier molecular flexibility index (Phi) is 3.98. The number of aromatic amines is 1. The predicted octanol–water partition coefficient (Wildman–Crippen LogP) is 2.99. The number of nitrogens with zero attached hydrogens (tertiary/aromatic N) is 3. The number of nitrogens with one attached hydrogen (secondary N) is 2. The molecule has 0 aliphatic rings. The molecule has 0 spiro atoms. The first kappa shape index (κ1) is 15.7. The van der Waals surface area contributed by atoms with Crippen LogP contribution in [0.1, 0.15) is 5.56 Å². The first-order valence-corrected chi connectivity index (χ1v) is 6.73. The molecule has 0 fully saturated rings. The summed E-state index contributed by atoms with van der Waals surface area (Å²) in [4.78, 5) is 25.5. The summed E-state index contributed by atoms with van der Waals surface area (Å²) in [5.74, 6) is 0.0916. The summed E-state index contributed by atoms with van der Waals surface area (Å²) in [7, 11) is 0. The molecule has 6 nitrogen and oxygen atoms in total. The van der Waals surface area contributed by atoms with Crippen molar-refractivity contribution in [3.8, 4) is 11.3 Å². The third-order valence-corrected chi connectivity index (χ3v) is 3.05. The molecule has 0 amide bonds. The molecule has 0 bridgehead atoms. The minimum absolute atomic E-state index is 0.0916. The standard InChI is InChI=1S/C15H10F3N5O/c16-15(17,18)10-6-11(8-19-7-10)22-14-21-4-2-12(23-14)9-1-3-20-13(24)5-9/h1-8H,(H,20,24)(H,21,22,23). The van der Waals surface area contributed by atoms with Gasteiger partial charge in [-0.25, -0.2) is 9.97 Å². The van der Waals surface area contributed by atoms with Gasteiger partial charge in [0, 0.05) is 30.2 Å². The smallest absolute Gasteiger partial charge is 0.329 e. The van der Waals surface area contributed by atoms with Crippen LogP contribution < -0.4 is 10.9 Å². The second kappa shape index (κ2) is 6.11. The average molecular weight is 333 g/mol. The van der Waals surface area contributed by atoms with Crippen LogP contribution in [0.3, 0.4) is 0 Å². The quantitative estimate of drug-likeness (QED) is 0.770. The molecular formula is C15H10F3N5O. The van der Waals surface area contributed by atoms with Crippen molar-refractivity contribution < 1.29 is 13.2 Å². The van der Waals surface area contributed by atoms with Gasteiger partial charge in [0.2, 0.25) is 11.5 Å². The Hall–Kier alpha value is -3.23. The summed E-state index contributed by atoms with van der Waals surface area (Å²) in [6.07, 6.45) is 0.395. The van der Waals surface area contributed by atoms with Gasteiger partial charge in [-0.1, -0.05) is 0 Å². The lowest BCUT2D eigenvalue weighted by atomic mass is 10.2. The van der Waals surface area contributed by atoms with Gasteiger partial charge in [-0.2, -0.15) is 13.2 Å². The normalized spacial score (nSPS) is 11.3. The molecule has 3 aromatic rings. The number of pyridine rings is 2. The highest BCUT2D eigenvalue weighted by atomic mass is 19.4. The third kappa shape index (κ3) is 3.57. The van der Waals surface area contributed by atoms with E-state index in [9.17, 15) is 18.0 Å². The summed E-state index contributed by atoms with van der Waals surface area (Å²) in [5, 5.41) is 2.67. The molecule has 0 saturated heterocycles. The van der Waals surface area contributed by atoms with Crippen LogP contribution >= 0.6 is 0 Å². The summed E-state index contributed by atoms with van der Waals surface area (Å²) in [6.45, 7) is 0. The fourth-order valence-electron chi connectivity index (χ4n) is 1.98. The van der Waals surface area contributed by atoms with Crippen LogP contribution in [0.2, 0.25) is 0 Å². The molecular weight excluding hydrogens is 323 g/mol. The lowest BCUT2D eigenvalue weighted by Gasteiger charge is -2.09. The van der Waals surface area contributed by atoms with Crippen molar-refractivity contribution in [2.24, 2.45) is 0 Å².